The van der Waals surface area contributed by atoms with Crippen molar-refractivity contribution in [2.24, 2.45) is 0 Å². The average molecular weight is 303 g/mol. The third-order valence-electron chi connectivity index (χ3n) is 2.85. The van der Waals surface area contributed by atoms with Gasteiger partial charge in [-0.2, -0.15) is 30.2 Å². The lowest BCUT2D eigenvalue weighted by molar-refractivity contribution is -0.136. The predicted octanol–water partition coefficient (Wildman–Crippen LogP) is 0.801. The number of unbranched alkanes of at least 4 members (excludes halogenated alkanes) is 1. The number of halogens is 3. The minimum absolute atomic E-state index is 0.0950. The Morgan fingerprint density at radius 3 is 2.32 bits per heavy atom. The standard InChI is InChI=1S/C10H20F3N3O2S/c1-2-3-6-16(9-10(11,12)13)19(17,18)15-7-4-14-5-8-15/h14H,2-9H2,1H3. The Hall–Kier alpha value is -0.380. The summed E-state index contributed by atoms with van der Waals surface area (Å²) in [5.74, 6) is 0. The molecule has 1 aliphatic heterocycles. The molecule has 1 fully saturated rings. The molecule has 0 spiro atoms. The van der Waals surface area contributed by atoms with Crippen LogP contribution in [0.15, 0.2) is 0 Å². The summed E-state index contributed by atoms with van der Waals surface area (Å²) in [6, 6.07) is 0. The Labute approximate surface area is 111 Å². The van der Waals surface area contributed by atoms with Crippen molar-refractivity contribution in [2.75, 3.05) is 39.3 Å². The van der Waals surface area contributed by atoms with Gasteiger partial charge in [-0.1, -0.05) is 13.3 Å². The highest BCUT2D eigenvalue weighted by molar-refractivity contribution is 7.86. The summed E-state index contributed by atoms with van der Waals surface area (Å²) >= 11 is 0. The van der Waals surface area contributed by atoms with Crippen LogP contribution < -0.4 is 5.32 Å². The van der Waals surface area contributed by atoms with Crippen molar-refractivity contribution >= 4 is 10.2 Å². The van der Waals surface area contributed by atoms with Crippen LogP contribution in [0.4, 0.5) is 13.2 Å². The molecule has 5 nitrogen and oxygen atoms in total. The molecule has 1 aliphatic rings. The van der Waals surface area contributed by atoms with Crippen LogP contribution in [0.3, 0.4) is 0 Å². The normalized spacial score (nSPS) is 19.0. The van der Waals surface area contributed by atoms with Gasteiger partial charge in [0.1, 0.15) is 6.54 Å². The SMILES string of the molecule is CCCCN(CC(F)(F)F)S(=O)(=O)N1CCNCC1. The van der Waals surface area contributed by atoms with Crippen LogP contribution in [0.25, 0.3) is 0 Å². The van der Waals surface area contributed by atoms with Crippen LogP contribution in [-0.2, 0) is 10.2 Å². The van der Waals surface area contributed by atoms with Gasteiger partial charge in [-0.3, -0.25) is 0 Å². The Morgan fingerprint density at radius 1 is 1.26 bits per heavy atom. The molecule has 0 aromatic heterocycles. The second-order valence-corrected chi connectivity index (χ2v) is 6.39. The van der Waals surface area contributed by atoms with E-state index < -0.39 is 22.9 Å². The van der Waals surface area contributed by atoms with Gasteiger partial charge in [-0.05, 0) is 6.42 Å². The first-order valence-corrected chi connectivity index (χ1v) is 7.70. The number of piperazine rings is 1. The number of hydrogen-bond acceptors (Lipinski definition) is 3. The largest absolute Gasteiger partial charge is 0.402 e. The highest BCUT2D eigenvalue weighted by Gasteiger charge is 2.38. The highest BCUT2D eigenvalue weighted by Crippen LogP contribution is 2.21. The van der Waals surface area contributed by atoms with Crippen molar-refractivity contribution in [1.82, 2.24) is 13.9 Å². The van der Waals surface area contributed by atoms with E-state index in [-0.39, 0.29) is 19.6 Å². The first-order chi connectivity index (χ1) is 8.77. The van der Waals surface area contributed by atoms with E-state index in [9.17, 15) is 21.6 Å². The summed E-state index contributed by atoms with van der Waals surface area (Å²) in [5, 5.41) is 2.97. The van der Waals surface area contributed by atoms with Gasteiger partial charge in [0, 0.05) is 32.7 Å². The predicted molar refractivity (Wildman–Crippen MR) is 65.9 cm³/mol. The Kier molecular flexibility index (Phi) is 6.03. The summed E-state index contributed by atoms with van der Waals surface area (Å²) in [5.41, 5.74) is 0. The molecule has 0 radical (unpaired) electrons. The van der Waals surface area contributed by atoms with E-state index in [1.807, 2.05) is 6.92 Å². The number of hydrogen-bond donors (Lipinski definition) is 1. The molecule has 0 atom stereocenters. The maximum Gasteiger partial charge on any atom is 0.402 e. The van der Waals surface area contributed by atoms with Crippen molar-refractivity contribution in [3.05, 3.63) is 0 Å². The molecule has 19 heavy (non-hydrogen) atoms. The second-order valence-electron chi connectivity index (χ2n) is 4.46. The maximum absolute atomic E-state index is 12.5. The first kappa shape index (κ1) is 16.7. The zero-order valence-corrected chi connectivity index (χ0v) is 11.7. The molecule has 0 amide bonds. The number of alkyl halides is 3. The molecule has 1 rings (SSSR count). The van der Waals surface area contributed by atoms with Gasteiger partial charge >= 0.3 is 6.18 Å². The van der Waals surface area contributed by atoms with Crippen molar-refractivity contribution in [3.8, 4) is 0 Å². The van der Waals surface area contributed by atoms with E-state index in [1.54, 1.807) is 0 Å². The van der Waals surface area contributed by atoms with Crippen LogP contribution in [0.1, 0.15) is 19.8 Å². The quantitative estimate of drug-likeness (QED) is 0.790. The Bertz CT molecular complexity index is 367. The van der Waals surface area contributed by atoms with E-state index in [0.29, 0.717) is 30.2 Å². The molecule has 1 saturated heterocycles. The fourth-order valence-corrected chi connectivity index (χ4v) is 3.49. The van der Waals surface area contributed by atoms with Crippen LogP contribution in [0.2, 0.25) is 0 Å². The maximum atomic E-state index is 12.5. The van der Waals surface area contributed by atoms with E-state index in [1.165, 1.54) is 0 Å². The van der Waals surface area contributed by atoms with Gasteiger partial charge in [-0.25, -0.2) is 0 Å². The van der Waals surface area contributed by atoms with Crippen molar-refractivity contribution in [3.63, 3.8) is 0 Å². The third kappa shape index (κ3) is 5.25. The highest BCUT2D eigenvalue weighted by atomic mass is 32.2. The van der Waals surface area contributed by atoms with E-state index >= 15 is 0 Å². The molecule has 0 saturated carbocycles. The molecule has 0 aromatic carbocycles. The summed E-state index contributed by atoms with van der Waals surface area (Å²) in [6.07, 6.45) is -3.46. The monoisotopic (exact) mass is 303 g/mol. The first-order valence-electron chi connectivity index (χ1n) is 6.30. The Morgan fingerprint density at radius 2 is 1.84 bits per heavy atom. The number of nitrogens with one attached hydrogen (secondary N) is 1. The van der Waals surface area contributed by atoms with Gasteiger partial charge in [0.15, 0.2) is 0 Å². The fraction of sp³-hybridized carbons (Fsp3) is 1.00. The van der Waals surface area contributed by atoms with Crippen molar-refractivity contribution in [2.45, 2.75) is 25.9 Å². The van der Waals surface area contributed by atoms with E-state index in [0.717, 1.165) is 4.31 Å². The van der Waals surface area contributed by atoms with Gasteiger partial charge in [0.2, 0.25) is 0 Å². The molecule has 1 heterocycles. The lowest BCUT2D eigenvalue weighted by Gasteiger charge is -2.32. The van der Waals surface area contributed by atoms with Gasteiger partial charge in [0.05, 0.1) is 0 Å². The van der Waals surface area contributed by atoms with E-state index in [2.05, 4.69) is 5.32 Å². The molecule has 9 heteroatoms. The summed E-state index contributed by atoms with van der Waals surface area (Å²) in [7, 11) is -4.02. The van der Waals surface area contributed by atoms with Crippen LogP contribution in [0.5, 0.6) is 0 Å². The molecular formula is C10H20F3N3O2S. The summed E-state index contributed by atoms with van der Waals surface area (Å²) < 4.78 is 63.5. The third-order valence-corrected chi connectivity index (χ3v) is 4.83. The number of nitrogens with zero attached hydrogens (tertiary/aromatic N) is 2. The number of rotatable bonds is 6. The van der Waals surface area contributed by atoms with Crippen molar-refractivity contribution < 1.29 is 21.6 Å². The minimum Gasteiger partial charge on any atom is -0.314 e. The van der Waals surface area contributed by atoms with Crippen molar-refractivity contribution in [1.29, 1.82) is 0 Å². The fourth-order valence-electron chi connectivity index (χ4n) is 1.85. The van der Waals surface area contributed by atoms with Crippen LogP contribution in [0, 0.1) is 0 Å². The van der Waals surface area contributed by atoms with Crippen LogP contribution in [-0.4, -0.2) is 62.5 Å². The molecule has 0 aromatic rings. The van der Waals surface area contributed by atoms with Gasteiger partial charge in [0.25, 0.3) is 10.2 Å². The van der Waals surface area contributed by atoms with Gasteiger partial charge in [-0.15, -0.1) is 0 Å². The summed E-state index contributed by atoms with van der Waals surface area (Å²) in [4.78, 5) is 0. The lowest BCUT2D eigenvalue weighted by Crippen LogP contribution is -2.53. The summed E-state index contributed by atoms with van der Waals surface area (Å²) in [6.45, 7) is 1.65. The smallest absolute Gasteiger partial charge is 0.314 e. The average Bonchev–Trinajstić information content (AvgIpc) is 2.34. The van der Waals surface area contributed by atoms with Crippen LogP contribution >= 0.6 is 0 Å². The molecule has 114 valence electrons. The topological polar surface area (TPSA) is 52.7 Å². The Balaban J connectivity index is 2.81. The molecule has 0 aliphatic carbocycles. The molecular weight excluding hydrogens is 283 g/mol. The van der Waals surface area contributed by atoms with Gasteiger partial charge < -0.3 is 5.32 Å². The molecule has 0 bridgehead atoms. The van der Waals surface area contributed by atoms with E-state index in [4.69, 9.17) is 0 Å². The zero-order valence-electron chi connectivity index (χ0n) is 10.9. The minimum atomic E-state index is -4.52. The molecule has 1 N–H and O–H groups in total. The zero-order chi connectivity index (χ0) is 14.5. The second kappa shape index (κ2) is 6.87. The molecule has 0 unspecified atom stereocenters. The lowest BCUT2D eigenvalue weighted by atomic mass is 10.3.